The van der Waals surface area contributed by atoms with Gasteiger partial charge in [0.25, 0.3) is 0 Å². The molecule has 2 aromatic rings. The van der Waals surface area contributed by atoms with E-state index >= 15 is 0 Å². The van der Waals surface area contributed by atoms with Crippen LogP contribution in [-0.2, 0) is 0 Å². The van der Waals surface area contributed by atoms with Crippen LogP contribution in [0.3, 0.4) is 0 Å². The van der Waals surface area contributed by atoms with Crippen LogP contribution in [0.4, 0.5) is 4.39 Å². The van der Waals surface area contributed by atoms with E-state index in [1.54, 1.807) is 25.1 Å². The van der Waals surface area contributed by atoms with Crippen molar-refractivity contribution in [2.75, 3.05) is 0 Å². The molecule has 5 heteroatoms. The first-order valence-electron chi connectivity index (χ1n) is 5.31. The lowest BCUT2D eigenvalue weighted by atomic mass is 10.2. The van der Waals surface area contributed by atoms with E-state index < -0.39 is 0 Å². The quantitative estimate of drug-likeness (QED) is 0.645. The van der Waals surface area contributed by atoms with E-state index in [0.717, 1.165) is 0 Å². The number of nitrogens with two attached hydrogens (primary N) is 1. The van der Waals surface area contributed by atoms with Gasteiger partial charge in [-0.05, 0) is 24.6 Å². The summed E-state index contributed by atoms with van der Waals surface area (Å²) >= 11 is 0. The average molecular weight is 245 g/mol. The van der Waals surface area contributed by atoms with Crippen molar-refractivity contribution in [2.45, 2.75) is 6.92 Å². The van der Waals surface area contributed by atoms with Crippen LogP contribution >= 0.6 is 0 Å². The molecule has 0 fully saturated rings. The highest BCUT2D eigenvalue weighted by molar-refractivity contribution is 5.95. The summed E-state index contributed by atoms with van der Waals surface area (Å²) in [4.78, 5) is 3.97. The molecular weight excluding hydrogens is 233 g/mol. The van der Waals surface area contributed by atoms with Crippen molar-refractivity contribution in [2.24, 2.45) is 5.73 Å². The van der Waals surface area contributed by atoms with E-state index in [2.05, 4.69) is 4.98 Å². The third-order valence-corrected chi connectivity index (χ3v) is 2.41. The second-order valence-corrected chi connectivity index (χ2v) is 3.81. The van der Waals surface area contributed by atoms with Gasteiger partial charge in [-0.2, -0.15) is 0 Å². The topological polar surface area (TPSA) is 72.0 Å². The number of hydrogen-bond donors (Lipinski definition) is 2. The number of aromatic nitrogens is 1. The molecule has 0 atom stereocenters. The van der Waals surface area contributed by atoms with Gasteiger partial charge in [0, 0.05) is 23.9 Å². The number of benzene rings is 1. The van der Waals surface area contributed by atoms with Crippen molar-refractivity contribution in [1.82, 2.24) is 4.98 Å². The van der Waals surface area contributed by atoms with Gasteiger partial charge in [0.1, 0.15) is 17.4 Å². The molecule has 3 N–H and O–H groups in total. The molecule has 0 amide bonds. The first-order chi connectivity index (χ1) is 8.56. The predicted molar refractivity (Wildman–Crippen MR) is 66.5 cm³/mol. The summed E-state index contributed by atoms with van der Waals surface area (Å²) in [5, 5.41) is 7.31. The number of aryl methyl sites for hydroxylation is 1. The fraction of sp³-hybridized carbons (Fsp3) is 0.0769. The Balaban J connectivity index is 2.25. The van der Waals surface area contributed by atoms with Crippen molar-refractivity contribution >= 4 is 5.84 Å². The summed E-state index contributed by atoms with van der Waals surface area (Å²) in [6.45, 7) is 1.67. The van der Waals surface area contributed by atoms with Crippen LogP contribution in [0.15, 0.2) is 36.5 Å². The van der Waals surface area contributed by atoms with Gasteiger partial charge >= 0.3 is 0 Å². The second-order valence-electron chi connectivity index (χ2n) is 3.81. The van der Waals surface area contributed by atoms with Gasteiger partial charge < -0.3 is 10.5 Å². The minimum atomic E-state index is -0.338. The molecule has 92 valence electrons. The molecule has 18 heavy (non-hydrogen) atoms. The molecule has 0 aliphatic heterocycles. The van der Waals surface area contributed by atoms with Crippen LogP contribution < -0.4 is 10.5 Å². The van der Waals surface area contributed by atoms with Crippen molar-refractivity contribution < 1.29 is 9.13 Å². The van der Waals surface area contributed by atoms with Crippen LogP contribution in [0.2, 0.25) is 0 Å². The maximum Gasteiger partial charge on any atom is 0.219 e. The van der Waals surface area contributed by atoms with Crippen molar-refractivity contribution in [3.8, 4) is 11.6 Å². The highest BCUT2D eigenvalue weighted by Crippen LogP contribution is 2.22. The number of hydrogen-bond acceptors (Lipinski definition) is 3. The van der Waals surface area contributed by atoms with E-state index in [-0.39, 0.29) is 17.5 Å². The first-order valence-corrected chi connectivity index (χ1v) is 5.31. The zero-order valence-corrected chi connectivity index (χ0v) is 9.77. The molecule has 0 saturated heterocycles. The molecule has 0 unspecified atom stereocenters. The predicted octanol–water partition coefficient (Wildman–Crippen LogP) is 2.61. The lowest BCUT2D eigenvalue weighted by molar-refractivity contribution is 0.457. The van der Waals surface area contributed by atoms with E-state index in [4.69, 9.17) is 15.9 Å². The SMILES string of the molecule is Cc1ccc(Oc2cc(C(=N)N)ccn2)cc1F. The van der Waals surface area contributed by atoms with Gasteiger partial charge in [-0.25, -0.2) is 9.37 Å². The largest absolute Gasteiger partial charge is 0.439 e. The molecule has 0 aliphatic carbocycles. The lowest BCUT2D eigenvalue weighted by Crippen LogP contribution is -2.11. The average Bonchev–Trinajstić information content (AvgIpc) is 2.34. The molecule has 0 bridgehead atoms. The van der Waals surface area contributed by atoms with Crippen LogP contribution in [0.25, 0.3) is 0 Å². The summed E-state index contributed by atoms with van der Waals surface area (Å²) in [7, 11) is 0. The van der Waals surface area contributed by atoms with Gasteiger partial charge in [0.05, 0.1) is 0 Å². The fourth-order valence-electron chi connectivity index (χ4n) is 1.39. The maximum atomic E-state index is 13.3. The fourth-order valence-corrected chi connectivity index (χ4v) is 1.39. The Morgan fingerprint density at radius 2 is 2.11 bits per heavy atom. The standard InChI is InChI=1S/C13H12FN3O/c1-8-2-3-10(7-11(8)14)18-12-6-9(13(15)16)4-5-17-12/h2-7H,1H3,(H3,15,16). The highest BCUT2D eigenvalue weighted by Gasteiger charge is 2.04. The van der Waals surface area contributed by atoms with Crippen LogP contribution in [0, 0.1) is 18.2 Å². The summed E-state index contributed by atoms with van der Waals surface area (Å²) in [5.74, 6) is 0.213. The molecule has 4 nitrogen and oxygen atoms in total. The number of amidine groups is 1. The number of pyridine rings is 1. The minimum absolute atomic E-state index is 0.0719. The Morgan fingerprint density at radius 3 is 2.78 bits per heavy atom. The van der Waals surface area contributed by atoms with Crippen molar-refractivity contribution in [1.29, 1.82) is 5.41 Å². The third-order valence-electron chi connectivity index (χ3n) is 2.41. The second kappa shape index (κ2) is 4.83. The van der Waals surface area contributed by atoms with Crippen LogP contribution in [-0.4, -0.2) is 10.8 Å². The smallest absolute Gasteiger partial charge is 0.219 e. The number of nitrogens with one attached hydrogen (secondary N) is 1. The van der Waals surface area contributed by atoms with Gasteiger partial charge in [0.15, 0.2) is 0 Å². The Bertz CT molecular complexity index is 599. The lowest BCUT2D eigenvalue weighted by Gasteiger charge is -2.06. The number of ether oxygens (including phenoxy) is 1. The highest BCUT2D eigenvalue weighted by atomic mass is 19.1. The summed E-state index contributed by atoms with van der Waals surface area (Å²) in [6.07, 6.45) is 1.48. The zero-order chi connectivity index (χ0) is 13.1. The van der Waals surface area contributed by atoms with Gasteiger partial charge in [-0.3, -0.25) is 5.41 Å². The van der Waals surface area contributed by atoms with Gasteiger partial charge in [0.2, 0.25) is 5.88 Å². The molecule has 0 aliphatic rings. The van der Waals surface area contributed by atoms with E-state index in [9.17, 15) is 4.39 Å². The first kappa shape index (κ1) is 12.0. The van der Waals surface area contributed by atoms with Crippen molar-refractivity contribution in [3.05, 3.63) is 53.5 Å². The number of halogens is 1. The van der Waals surface area contributed by atoms with E-state index in [1.807, 2.05) is 0 Å². The molecule has 1 aromatic heterocycles. The Morgan fingerprint density at radius 1 is 1.33 bits per heavy atom. The Hall–Kier alpha value is -2.43. The molecule has 1 heterocycles. The van der Waals surface area contributed by atoms with Crippen LogP contribution in [0.1, 0.15) is 11.1 Å². The summed E-state index contributed by atoms with van der Waals surface area (Å²) in [6, 6.07) is 7.70. The van der Waals surface area contributed by atoms with E-state index in [1.165, 1.54) is 18.3 Å². The Labute approximate surface area is 104 Å². The monoisotopic (exact) mass is 245 g/mol. The van der Waals surface area contributed by atoms with E-state index in [0.29, 0.717) is 16.9 Å². The normalized spacial score (nSPS) is 10.1. The summed E-state index contributed by atoms with van der Waals surface area (Å²) < 4.78 is 18.7. The zero-order valence-electron chi connectivity index (χ0n) is 9.77. The molecule has 0 spiro atoms. The molecule has 1 aromatic carbocycles. The summed E-state index contributed by atoms with van der Waals surface area (Å²) in [5.41, 5.74) is 6.42. The Kier molecular flexibility index (Phi) is 3.23. The van der Waals surface area contributed by atoms with Gasteiger partial charge in [-0.15, -0.1) is 0 Å². The molecule has 0 radical (unpaired) electrons. The third kappa shape index (κ3) is 2.63. The van der Waals surface area contributed by atoms with Crippen LogP contribution in [0.5, 0.6) is 11.6 Å². The van der Waals surface area contributed by atoms with Gasteiger partial charge in [-0.1, -0.05) is 6.07 Å². The number of rotatable bonds is 3. The number of nitrogen functional groups attached to an aromatic ring is 1. The molecular formula is C13H12FN3O. The number of nitrogens with zero attached hydrogens (tertiary/aromatic N) is 1. The minimum Gasteiger partial charge on any atom is -0.439 e. The van der Waals surface area contributed by atoms with Crippen molar-refractivity contribution in [3.63, 3.8) is 0 Å². The molecule has 2 rings (SSSR count). The maximum absolute atomic E-state index is 13.3. The molecule has 0 saturated carbocycles.